The number of piperidine rings is 1. The highest BCUT2D eigenvalue weighted by molar-refractivity contribution is 7.89. The monoisotopic (exact) mass is 434 g/mol. The summed E-state index contributed by atoms with van der Waals surface area (Å²) in [6.07, 6.45) is 7.54. The Morgan fingerprint density at radius 1 is 1.23 bits per heavy atom. The van der Waals surface area contributed by atoms with Crippen molar-refractivity contribution in [3.8, 4) is 5.75 Å². The van der Waals surface area contributed by atoms with E-state index in [-0.39, 0.29) is 30.1 Å². The van der Waals surface area contributed by atoms with Gasteiger partial charge in [0.05, 0.1) is 11.9 Å². The average molecular weight is 435 g/mol. The summed E-state index contributed by atoms with van der Waals surface area (Å²) in [6, 6.07) is 7.52. The van der Waals surface area contributed by atoms with E-state index in [9.17, 15) is 18.0 Å². The molecule has 2 unspecified atom stereocenters. The summed E-state index contributed by atoms with van der Waals surface area (Å²) in [6.45, 7) is 2.54. The summed E-state index contributed by atoms with van der Waals surface area (Å²) in [7, 11) is -3.78. The number of carbonyl (C=O) groups excluding carboxylic acids is 2. The van der Waals surface area contributed by atoms with Crippen molar-refractivity contribution >= 4 is 21.8 Å². The van der Waals surface area contributed by atoms with Gasteiger partial charge in [0.2, 0.25) is 21.8 Å². The van der Waals surface area contributed by atoms with Gasteiger partial charge in [-0.1, -0.05) is 31.2 Å². The van der Waals surface area contributed by atoms with Crippen LogP contribution in [-0.4, -0.2) is 32.1 Å². The predicted octanol–water partition coefficient (Wildman–Crippen LogP) is 2.63. The second-order valence-electron chi connectivity index (χ2n) is 8.33. The molecule has 0 radical (unpaired) electrons. The molecule has 30 heavy (non-hydrogen) atoms. The Morgan fingerprint density at radius 3 is 2.67 bits per heavy atom. The molecule has 3 atom stereocenters. The first-order valence-corrected chi connectivity index (χ1v) is 12.1. The number of sulfonamides is 1. The molecule has 164 valence electrons. The number of allylic oxidation sites excluding steroid dienone is 2. The van der Waals surface area contributed by atoms with Crippen LogP contribution in [0.5, 0.6) is 5.75 Å². The van der Waals surface area contributed by atoms with E-state index < -0.39 is 15.3 Å². The van der Waals surface area contributed by atoms with Crippen molar-refractivity contribution in [3.05, 3.63) is 42.0 Å². The maximum absolute atomic E-state index is 12.2. The lowest BCUT2D eigenvalue weighted by Gasteiger charge is -2.22. The first-order valence-electron chi connectivity index (χ1n) is 10.5. The van der Waals surface area contributed by atoms with Crippen LogP contribution in [0.25, 0.3) is 0 Å². The molecule has 2 amide bonds. The van der Waals surface area contributed by atoms with E-state index in [0.717, 1.165) is 11.3 Å². The smallest absolute Gasteiger partial charge is 0.229 e. The Labute approximate surface area is 178 Å². The van der Waals surface area contributed by atoms with Crippen molar-refractivity contribution in [1.82, 2.24) is 5.32 Å². The van der Waals surface area contributed by atoms with Gasteiger partial charge in [-0.3, -0.25) is 14.9 Å². The fraction of sp³-hybridized carbons (Fsp3) is 0.545. The zero-order valence-corrected chi connectivity index (χ0v) is 18.1. The minimum absolute atomic E-state index is 0.244. The fourth-order valence-corrected chi connectivity index (χ4v) is 4.78. The highest BCUT2D eigenvalue weighted by Crippen LogP contribution is 2.31. The first kappa shape index (κ1) is 22.5. The van der Waals surface area contributed by atoms with Gasteiger partial charge in [0.1, 0.15) is 5.75 Å². The summed E-state index contributed by atoms with van der Waals surface area (Å²) < 4.78 is 30.3. The van der Waals surface area contributed by atoms with E-state index in [2.05, 4.69) is 5.32 Å². The minimum atomic E-state index is -3.78. The van der Waals surface area contributed by atoms with Crippen molar-refractivity contribution in [2.75, 3.05) is 6.61 Å². The standard InChI is InChI=1S/C22H30N2O5S/c1-15(18-6-4-7-19(13-18)29-14-16-9-10-16)20(30(23,27)28)8-3-2-5-17-11-12-21(25)24-22(17)26/h2-4,6-7,13,15-17,20H,5,8-12,14H2,1H3,(H2,23,27,28)(H,24,25,26)/t15-,17?,20?/m1/s1. The lowest BCUT2D eigenvalue weighted by molar-refractivity contribution is -0.136. The van der Waals surface area contributed by atoms with Crippen LogP contribution in [0.4, 0.5) is 0 Å². The Kier molecular flexibility index (Phi) is 7.31. The zero-order chi connectivity index (χ0) is 21.7. The number of ether oxygens (including phenoxy) is 1. The highest BCUT2D eigenvalue weighted by atomic mass is 32.2. The molecule has 0 spiro atoms. The second kappa shape index (κ2) is 9.75. The van der Waals surface area contributed by atoms with Gasteiger partial charge in [0.15, 0.2) is 0 Å². The molecule has 1 aliphatic heterocycles. The first-order chi connectivity index (χ1) is 14.2. The van der Waals surface area contributed by atoms with E-state index in [1.54, 1.807) is 12.2 Å². The molecule has 0 aromatic heterocycles. The molecule has 2 fully saturated rings. The molecule has 1 heterocycles. The molecule has 7 nitrogen and oxygen atoms in total. The lowest BCUT2D eigenvalue weighted by Crippen LogP contribution is -2.40. The molecule has 3 rings (SSSR count). The third-order valence-electron chi connectivity index (χ3n) is 5.86. The van der Waals surface area contributed by atoms with Crippen LogP contribution in [0, 0.1) is 11.8 Å². The van der Waals surface area contributed by atoms with Gasteiger partial charge in [0.25, 0.3) is 0 Å². The normalized spacial score (nSPS) is 22.0. The van der Waals surface area contributed by atoms with Crippen LogP contribution in [0.15, 0.2) is 36.4 Å². The van der Waals surface area contributed by atoms with Crippen LogP contribution in [-0.2, 0) is 19.6 Å². The van der Waals surface area contributed by atoms with E-state index in [1.807, 2.05) is 31.2 Å². The molecule has 1 saturated heterocycles. The molecule has 0 bridgehead atoms. The number of nitrogens with one attached hydrogen (secondary N) is 1. The van der Waals surface area contributed by atoms with Crippen LogP contribution in [0.1, 0.15) is 56.9 Å². The zero-order valence-electron chi connectivity index (χ0n) is 17.3. The number of amides is 2. The van der Waals surface area contributed by atoms with E-state index in [1.165, 1.54) is 12.8 Å². The predicted molar refractivity (Wildman–Crippen MR) is 114 cm³/mol. The van der Waals surface area contributed by atoms with Gasteiger partial charge < -0.3 is 4.74 Å². The van der Waals surface area contributed by atoms with Crippen LogP contribution in [0.3, 0.4) is 0 Å². The summed E-state index contributed by atoms with van der Waals surface area (Å²) in [5.41, 5.74) is 0.862. The number of imide groups is 1. The van der Waals surface area contributed by atoms with Gasteiger partial charge in [-0.15, -0.1) is 0 Å². The highest BCUT2D eigenvalue weighted by Gasteiger charge is 2.29. The SMILES string of the molecule is C[C@H](c1cccc(OCC2CC2)c1)C(CC=CCC1CCC(=O)NC1=O)S(N)(=O)=O. The third-order valence-corrected chi connectivity index (χ3v) is 7.30. The largest absolute Gasteiger partial charge is 0.493 e. The molecule has 1 aliphatic carbocycles. The second-order valence-corrected chi connectivity index (χ2v) is 10.1. The van der Waals surface area contributed by atoms with Crippen molar-refractivity contribution in [1.29, 1.82) is 0 Å². The average Bonchev–Trinajstić information content (AvgIpc) is 3.51. The fourth-order valence-electron chi connectivity index (χ4n) is 3.68. The molecule has 3 N–H and O–H groups in total. The molecule has 1 aromatic rings. The van der Waals surface area contributed by atoms with Gasteiger partial charge in [-0.25, -0.2) is 13.6 Å². The molecular formula is C22H30N2O5S. The Bertz CT molecular complexity index is 908. The molecule has 1 saturated carbocycles. The number of carbonyl (C=O) groups is 2. The van der Waals surface area contributed by atoms with Gasteiger partial charge in [0, 0.05) is 12.3 Å². The molecule has 2 aliphatic rings. The summed E-state index contributed by atoms with van der Waals surface area (Å²) in [5, 5.41) is 7.08. The van der Waals surface area contributed by atoms with Gasteiger partial charge in [-0.05, 0) is 61.6 Å². The summed E-state index contributed by atoms with van der Waals surface area (Å²) in [4.78, 5) is 23.0. The number of benzene rings is 1. The Hall–Kier alpha value is -2.19. The topological polar surface area (TPSA) is 116 Å². The van der Waals surface area contributed by atoms with Crippen molar-refractivity contribution in [2.24, 2.45) is 17.0 Å². The third kappa shape index (κ3) is 6.40. The van der Waals surface area contributed by atoms with Crippen LogP contribution >= 0.6 is 0 Å². The number of hydrogen-bond acceptors (Lipinski definition) is 5. The Balaban J connectivity index is 1.61. The number of nitrogens with two attached hydrogens (primary N) is 1. The quantitative estimate of drug-likeness (QED) is 0.434. The molecular weight excluding hydrogens is 404 g/mol. The van der Waals surface area contributed by atoms with Crippen molar-refractivity contribution in [2.45, 2.75) is 56.6 Å². The van der Waals surface area contributed by atoms with E-state index >= 15 is 0 Å². The number of primary sulfonamides is 1. The van der Waals surface area contributed by atoms with Crippen LogP contribution in [0.2, 0.25) is 0 Å². The molecule has 1 aromatic carbocycles. The van der Waals surface area contributed by atoms with Gasteiger partial charge >= 0.3 is 0 Å². The van der Waals surface area contributed by atoms with Crippen molar-refractivity contribution < 1.29 is 22.7 Å². The van der Waals surface area contributed by atoms with E-state index in [0.29, 0.717) is 31.8 Å². The Morgan fingerprint density at radius 2 is 2.00 bits per heavy atom. The van der Waals surface area contributed by atoms with E-state index in [4.69, 9.17) is 9.88 Å². The number of rotatable bonds is 10. The minimum Gasteiger partial charge on any atom is -0.493 e. The van der Waals surface area contributed by atoms with Gasteiger partial charge in [-0.2, -0.15) is 0 Å². The van der Waals surface area contributed by atoms with Crippen LogP contribution < -0.4 is 15.2 Å². The van der Waals surface area contributed by atoms with Crippen molar-refractivity contribution in [3.63, 3.8) is 0 Å². The lowest BCUT2D eigenvalue weighted by atomic mass is 9.93. The molecule has 8 heteroatoms. The summed E-state index contributed by atoms with van der Waals surface area (Å²) >= 11 is 0. The maximum Gasteiger partial charge on any atom is 0.229 e. The number of hydrogen-bond donors (Lipinski definition) is 2. The maximum atomic E-state index is 12.2. The summed E-state index contributed by atoms with van der Waals surface area (Å²) in [5.74, 6) is 0.293.